The average molecular weight is 215 g/mol. The number of fused-ring (bicyclic) bond motifs is 1. The van der Waals surface area contributed by atoms with E-state index in [-0.39, 0.29) is 0 Å². The maximum absolute atomic E-state index is 5.77. The molecule has 0 aliphatic carbocycles. The summed E-state index contributed by atoms with van der Waals surface area (Å²) >= 11 is 0. The molecule has 0 saturated carbocycles. The minimum atomic E-state index is 0.761. The summed E-state index contributed by atoms with van der Waals surface area (Å²) in [7, 11) is 1.92. The molecule has 2 aromatic carbocycles. The number of benzene rings is 2. The monoisotopic (exact) mass is 215 g/mol. The third-order valence-electron chi connectivity index (χ3n) is 2.57. The molecule has 2 aromatic rings. The van der Waals surface area contributed by atoms with Crippen LogP contribution in [0.25, 0.3) is 10.8 Å². The van der Waals surface area contributed by atoms with E-state index < -0.39 is 0 Å². The van der Waals surface area contributed by atoms with Crippen LogP contribution in [0.15, 0.2) is 36.4 Å². The Labute approximate surface area is 96.2 Å². The molecule has 0 saturated heterocycles. The quantitative estimate of drug-likeness (QED) is 0.840. The van der Waals surface area contributed by atoms with Crippen LogP contribution in [0.3, 0.4) is 0 Å². The van der Waals surface area contributed by atoms with Gasteiger partial charge < -0.3 is 10.1 Å². The molecule has 84 valence electrons. The Bertz CT molecular complexity index is 479. The van der Waals surface area contributed by atoms with Crippen molar-refractivity contribution in [3.63, 3.8) is 0 Å². The van der Waals surface area contributed by atoms with Crippen molar-refractivity contribution in [2.45, 2.75) is 13.3 Å². The summed E-state index contributed by atoms with van der Waals surface area (Å²) in [4.78, 5) is 0. The van der Waals surface area contributed by atoms with Crippen LogP contribution in [0, 0.1) is 0 Å². The van der Waals surface area contributed by atoms with E-state index in [2.05, 4.69) is 36.5 Å². The Morgan fingerprint density at radius 3 is 2.75 bits per heavy atom. The number of nitrogens with one attached hydrogen (secondary N) is 1. The van der Waals surface area contributed by atoms with Crippen molar-refractivity contribution in [1.29, 1.82) is 0 Å². The van der Waals surface area contributed by atoms with Crippen LogP contribution in [-0.2, 0) is 0 Å². The lowest BCUT2D eigenvalue weighted by Gasteiger charge is -2.11. The minimum Gasteiger partial charge on any atom is -0.493 e. The third-order valence-corrected chi connectivity index (χ3v) is 2.57. The first kappa shape index (κ1) is 10.8. The summed E-state index contributed by atoms with van der Waals surface area (Å²) in [6.07, 6.45) is 1.03. The molecule has 0 unspecified atom stereocenters. The van der Waals surface area contributed by atoms with Gasteiger partial charge in [0.15, 0.2) is 0 Å². The van der Waals surface area contributed by atoms with Gasteiger partial charge in [-0.2, -0.15) is 0 Å². The van der Waals surface area contributed by atoms with Gasteiger partial charge in [-0.15, -0.1) is 0 Å². The van der Waals surface area contributed by atoms with Crippen molar-refractivity contribution in [3.05, 3.63) is 36.4 Å². The van der Waals surface area contributed by atoms with Crippen LogP contribution in [-0.4, -0.2) is 13.7 Å². The lowest BCUT2D eigenvalue weighted by molar-refractivity contribution is 0.321. The Balaban J connectivity index is 2.50. The molecule has 0 aliphatic heterocycles. The van der Waals surface area contributed by atoms with Gasteiger partial charge in [-0.25, -0.2) is 0 Å². The van der Waals surface area contributed by atoms with E-state index in [0.29, 0.717) is 0 Å². The van der Waals surface area contributed by atoms with Crippen molar-refractivity contribution in [1.82, 2.24) is 0 Å². The zero-order valence-electron chi connectivity index (χ0n) is 9.79. The number of anilines is 1. The standard InChI is InChI=1S/C14H17NO/c1-3-8-16-14-10-12(15-2)9-11-6-4-5-7-13(11)14/h4-7,9-10,15H,3,8H2,1-2H3. The topological polar surface area (TPSA) is 21.3 Å². The van der Waals surface area contributed by atoms with Gasteiger partial charge in [0.05, 0.1) is 6.61 Å². The van der Waals surface area contributed by atoms with Crippen LogP contribution >= 0.6 is 0 Å². The molecular formula is C14H17NO. The Morgan fingerprint density at radius 1 is 1.19 bits per heavy atom. The summed E-state index contributed by atoms with van der Waals surface area (Å²) in [5.41, 5.74) is 1.09. The molecule has 0 aliphatic rings. The predicted octanol–water partition coefficient (Wildman–Crippen LogP) is 3.67. The summed E-state index contributed by atoms with van der Waals surface area (Å²) in [5, 5.41) is 5.54. The molecule has 0 aromatic heterocycles. The molecule has 0 spiro atoms. The first-order valence-electron chi connectivity index (χ1n) is 5.68. The molecule has 1 N–H and O–H groups in total. The van der Waals surface area contributed by atoms with Crippen LogP contribution in [0.2, 0.25) is 0 Å². The van der Waals surface area contributed by atoms with Crippen LogP contribution in [0.1, 0.15) is 13.3 Å². The normalized spacial score (nSPS) is 10.4. The zero-order valence-corrected chi connectivity index (χ0v) is 9.79. The molecule has 2 nitrogen and oxygen atoms in total. The molecule has 2 rings (SSSR count). The van der Waals surface area contributed by atoms with E-state index in [9.17, 15) is 0 Å². The highest BCUT2D eigenvalue weighted by Gasteiger charge is 2.03. The highest BCUT2D eigenvalue weighted by Crippen LogP contribution is 2.29. The second-order valence-electron chi connectivity index (χ2n) is 3.79. The third kappa shape index (κ3) is 2.11. The number of rotatable bonds is 4. The summed E-state index contributed by atoms with van der Waals surface area (Å²) in [5.74, 6) is 0.962. The van der Waals surface area contributed by atoms with Gasteiger partial charge in [-0.1, -0.05) is 31.2 Å². The van der Waals surface area contributed by atoms with Gasteiger partial charge in [0.2, 0.25) is 0 Å². The Morgan fingerprint density at radius 2 is 2.00 bits per heavy atom. The van der Waals surface area contributed by atoms with Crippen molar-refractivity contribution in [2.75, 3.05) is 19.0 Å². The van der Waals surface area contributed by atoms with E-state index in [0.717, 1.165) is 24.5 Å². The smallest absolute Gasteiger partial charge is 0.129 e. The minimum absolute atomic E-state index is 0.761. The molecule has 0 amide bonds. The lowest BCUT2D eigenvalue weighted by atomic mass is 10.1. The van der Waals surface area contributed by atoms with Crippen molar-refractivity contribution in [2.24, 2.45) is 0 Å². The molecule has 0 fully saturated rings. The molecule has 0 bridgehead atoms. The summed E-state index contributed by atoms with van der Waals surface area (Å²) < 4.78 is 5.77. The summed E-state index contributed by atoms with van der Waals surface area (Å²) in [6, 6.07) is 12.5. The first-order valence-corrected chi connectivity index (χ1v) is 5.68. The highest BCUT2D eigenvalue weighted by molar-refractivity contribution is 5.91. The van der Waals surface area contributed by atoms with Crippen molar-refractivity contribution < 1.29 is 4.74 Å². The molecular weight excluding hydrogens is 198 g/mol. The van der Waals surface area contributed by atoms with Crippen LogP contribution < -0.4 is 10.1 Å². The molecule has 16 heavy (non-hydrogen) atoms. The number of hydrogen-bond donors (Lipinski definition) is 1. The Kier molecular flexibility index (Phi) is 3.30. The fourth-order valence-corrected chi connectivity index (χ4v) is 1.75. The van der Waals surface area contributed by atoms with E-state index in [1.165, 1.54) is 10.8 Å². The van der Waals surface area contributed by atoms with Crippen molar-refractivity contribution >= 4 is 16.5 Å². The fraction of sp³-hybridized carbons (Fsp3) is 0.286. The lowest BCUT2D eigenvalue weighted by Crippen LogP contribution is -1.97. The van der Waals surface area contributed by atoms with Crippen molar-refractivity contribution in [3.8, 4) is 5.75 Å². The molecule has 0 atom stereocenters. The van der Waals surface area contributed by atoms with Gasteiger partial charge in [0.25, 0.3) is 0 Å². The SMILES string of the molecule is CCCOc1cc(NC)cc2ccccc12. The second-order valence-corrected chi connectivity index (χ2v) is 3.79. The van der Waals surface area contributed by atoms with E-state index in [1.807, 2.05) is 19.2 Å². The highest BCUT2D eigenvalue weighted by atomic mass is 16.5. The van der Waals surface area contributed by atoms with E-state index >= 15 is 0 Å². The predicted molar refractivity (Wildman–Crippen MR) is 69.3 cm³/mol. The largest absolute Gasteiger partial charge is 0.493 e. The van der Waals surface area contributed by atoms with Gasteiger partial charge >= 0.3 is 0 Å². The maximum atomic E-state index is 5.77. The molecule has 0 radical (unpaired) electrons. The second kappa shape index (κ2) is 4.88. The number of hydrogen-bond acceptors (Lipinski definition) is 2. The number of ether oxygens (including phenoxy) is 1. The van der Waals surface area contributed by atoms with Gasteiger partial charge in [-0.3, -0.25) is 0 Å². The van der Waals surface area contributed by atoms with Gasteiger partial charge in [0.1, 0.15) is 5.75 Å². The molecule has 0 heterocycles. The molecule has 2 heteroatoms. The zero-order chi connectivity index (χ0) is 11.4. The maximum Gasteiger partial charge on any atom is 0.129 e. The Hall–Kier alpha value is -1.70. The average Bonchev–Trinajstić information content (AvgIpc) is 2.35. The van der Waals surface area contributed by atoms with E-state index in [1.54, 1.807) is 0 Å². The van der Waals surface area contributed by atoms with Crippen LogP contribution in [0.5, 0.6) is 5.75 Å². The van der Waals surface area contributed by atoms with Gasteiger partial charge in [-0.05, 0) is 17.9 Å². The van der Waals surface area contributed by atoms with E-state index in [4.69, 9.17) is 4.74 Å². The fourth-order valence-electron chi connectivity index (χ4n) is 1.75. The summed E-state index contributed by atoms with van der Waals surface area (Å²) in [6.45, 7) is 2.88. The van der Waals surface area contributed by atoms with Crippen LogP contribution in [0.4, 0.5) is 5.69 Å². The van der Waals surface area contributed by atoms with Gasteiger partial charge in [0, 0.05) is 24.2 Å². The first-order chi connectivity index (χ1) is 7.85.